The fourth-order valence-electron chi connectivity index (χ4n) is 2.23. The molecule has 0 saturated heterocycles. The van der Waals surface area contributed by atoms with E-state index in [1.165, 1.54) is 0 Å². The summed E-state index contributed by atoms with van der Waals surface area (Å²) in [5, 5.41) is 3.06. The standard InChI is InChI=1S/C16H17N3O3S/c1-2-7-22-15(21)10-3-5-11(6-4-10)17-16-18-13-9-23-8-12(13)14(20)19-16/h3-6H,2,7-9H2,1H3,(H2,17,18,19,20). The topological polar surface area (TPSA) is 84.1 Å². The number of hydrogen-bond donors (Lipinski definition) is 2. The van der Waals surface area contributed by atoms with Crippen molar-refractivity contribution >= 4 is 29.4 Å². The maximum atomic E-state index is 12.0. The number of carbonyl (C=O) groups excluding carboxylic acids is 1. The molecule has 1 aromatic heterocycles. The lowest BCUT2D eigenvalue weighted by atomic mass is 10.2. The Hall–Kier alpha value is -2.28. The Morgan fingerprint density at radius 1 is 1.35 bits per heavy atom. The van der Waals surface area contributed by atoms with Gasteiger partial charge in [0.2, 0.25) is 5.95 Å². The SMILES string of the molecule is CCCOC(=O)c1ccc(Nc2nc3c(c(=O)[nH]2)CSC3)cc1. The van der Waals surface area contributed by atoms with Crippen LogP contribution in [0.4, 0.5) is 11.6 Å². The molecule has 0 aliphatic carbocycles. The Morgan fingerprint density at radius 2 is 2.13 bits per heavy atom. The minimum absolute atomic E-state index is 0.0951. The highest BCUT2D eigenvalue weighted by Crippen LogP contribution is 2.26. The van der Waals surface area contributed by atoms with Crippen molar-refractivity contribution in [1.29, 1.82) is 0 Å². The minimum Gasteiger partial charge on any atom is -0.462 e. The molecule has 1 aliphatic rings. The molecule has 2 N–H and O–H groups in total. The van der Waals surface area contributed by atoms with Crippen LogP contribution in [0.5, 0.6) is 0 Å². The van der Waals surface area contributed by atoms with Gasteiger partial charge in [0.25, 0.3) is 5.56 Å². The lowest BCUT2D eigenvalue weighted by molar-refractivity contribution is 0.0505. The molecule has 23 heavy (non-hydrogen) atoms. The van der Waals surface area contributed by atoms with Crippen LogP contribution in [-0.2, 0) is 16.2 Å². The average Bonchev–Trinajstić information content (AvgIpc) is 3.02. The number of benzene rings is 1. The molecule has 0 spiro atoms. The molecule has 0 atom stereocenters. The highest BCUT2D eigenvalue weighted by atomic mass is 32.2. The van der Waals surface area contributed by atoms with Gasteiger partial charge in [-0.1, -0.05) is 6.92 Å². The average molecular weight is 331 g/mol. The maximum absolute atomic E-state index is 12.0. The zero-order valence-electron chi connectivity index (χ0n) is 12.7. The molecule has 6 nitrogen and oxygen atoms in total. The fraction of sp³-hybridized carbons (Fsp3) is 0.312. The normalized spacial score (nSPS) is 12.7. The van der Waals surface area contributed by atoms with E-state index >= 15 is 0 Å². The Balaban J connectivity index is 1.73. The van der Waals surface area contributed by atoms with Gasteiger partial charge in [0.1, 0.15) is 0 Å². The van der Waals surface area contributed by atoms with Gasteiger partial charge in [-0.2, -0.15) is 11.8 Å². The van der Waals surface area contributed by atoms with Crippen molar-refractivity contribution in [3.05, 3.63) is 51.4 Å². The smallest absolute Gasteiger partial charge is 0.338 e. The summed E-state index contributed by atoms with van der Waals surface area (Å²) < 4.78 is 5.08. The summed E-state index contributed by atoms with van der Waals surface area (Å²) in [7, 11) is 0. The van der Waals surface area contributed by atoms with E-state index in [1.54, 1.807) is 36.0 Å². The number of hydrogen-bond acceptors (Lipinski definition) is 6. The predicted molar refractivity (Wildman–Crippen MR) is 90.2 cm³/mol. The summed E-state index contributed by atoms with van der Waals surface area (Å²) in [6, 6.07) is 6.87. The quantitative estimate of drug-likeness (QED) is 0.820. The lowest BCUT2D eigenvalue weighted by Crippen LogP contribution is -2.16. The highest BCUT2D eigenvalue weighted by molar-refractivity contribution is 7.98. The van der Waals surface area contributed by atoms with E-state index in [0.29, 0.717) is 23.9 Å². The molecular formula is C16H17N3O3S. The van der Waals surface area contributed by atoms with Crippen LogP contribution in [0.2, 0.25) is 0 Å². The van der Waals surface area contributed by atoms with Gasteiger partial charge in [-0.25, -0.2) is 9.78 Å². The van der Waals surface area contributed by atoms with Gasteiger partial charge < -0.3 is 10.1 Å². The molecule has 1 aliphatic heterocycles. The molecule has 3 rings (SSSR count). The van der Waals surface area contributed by atoms with Gasteiger partial charge in [-0.15, -0.1) is 0 Å². The van der Waals surface area contributed by atoms with Gasteiger partial charge in [-0.05, 0) is 30.7 Å². The van der Waals surface area contributed by atoms with Gasteiger partial charge >= 0.3 is 5.97 Å². The first-order valence-corrected chi connectivity index (χ1v) is 8.57. The summed E-state index contributed by atoms with van der Waals surface area (Å²) in [4.78, 5) is 30.9. The van der Waals surface area contributed by atoms with E-state index in [0.717, 1.165) is 29.1 Å². The fourth-order valence-corrected chi connectivity index (χ4v) is 3.26. The molecule has 1 aromatic carbocycles. The van der Waals surface area contributed by atoms with Gasteiger partial charge in [0, 0.05) is 22.8 Å². The number of carbonyl (C=O) groups is 1. The maximum Gasteiger partial charge on any atom is 0.338 e. The third-order valence-corrected chi connectivity index (χ3v) is 4.38. The summed E-state index contributed by atoms with van der Waals surface area (Å²) in [6.07, 6.45) is 0.793. The van der Waals surface area contributed by atoms with Crippen molar-refractivity contribution in [3.8, 4) is 0 Å². The first kappa shape index (κ1) is 15.6. The number of thioether (sulfide) groups is 1. The first-order valence-electron chi connectivity index (χ1n) is 7.41. The Bertz CT molecular complexity index is 771. The molecule has 0 saturated carbocycles. The molecule has 120 valence electrons. The van der Waals surface area contributed by atoms with E-state index in [1.807, 2.05) is 6.92 Å². The first-order chi connectivity index (χ1) is 11.2. The molecule has 0 amide bonds. The number of esters is 1. The lowest BCUT2D eigenvalue weighted by Gasteiger charge is -2.08. The second kappa shape index (κ2) is 6.87. The third kappa shape index (κ3) is 3.56. The number of anilines is 2. The predicted octanol–water partition coefficient (Wildman–Crippen LogP) is 2.83. The van der Waals surface area contributed by atoms with Crippen molar-refractivity contribution in [3.63, 3.8) is 0 Å². The van der Waals surface area contributed by atoms with Crippen LogP contribution in [0.3, 0.4) is 0 Å². The number of nitrogens with zero attached hydrogens (tertiary/aromatic N) is 1. The van der Waals surface area contributed by atoms with Crippen molar-refractivity contribution in [1.82, 2.24) is 9.97 Å². The number of aromatic nitrogens is 2. The summed E-state index contributed by atoms with van der Waals surface area (Å²) in [5.74, 6) is 1.56. The van der Waals surface area contributed by atoms with Crippen molar-refractivity contribution in [2.45, 2.75) is 24.9 Å². The Kier molecular flexibility index (Phi) is 4.66. The molecule has 7 heteroatoms. The van der Waals surface area contributed by atoms with E-state index in [2.05, 4.69) is 15.3 Å². The van der Waals surface area contributed by atoms with Gasteiger partial charge in [0.05, 0.1) is 17.9 Å². The van der Waals surface area contributed by atoms with Crippen LogP contribution in [0, 0.1) is 0 Å². The van der Waals surface area contributed by atoms with Crippen molar-refractivity contribution < 1.29 is 9.53 Å². The van der Waals surface area contributed by atoms with Gasteiger partial charge in [-0.3, -0.25) is 9.78 Å². The molecule has 2 aromatic rings. The highest BCUT2D eigenvalue weighted by Gasteiger charge is 2.17. The second-order valence-electron chi connectivity index (χ2n) is 5.17. The molecule has 0 radical (unpaired) electrons. The molecule has 0 bridgehead atoms. The molecular weight excluding hydrogens is 314 g/mol. The minimum atomic E-state index is -0.334. The van der Waals surface area contributed by atoms with Crippen LogP contribution < -0.4 is 10.9 Å². The zero-order valence-corrected chi connectivity index (χ0v) is 13.5. The van der Waals surface area contributed by atoms with Crippen LogP contribution >= 0.6 is 11.8 Å². The second-order valence-corrected chi connectivity index (χ2v) is 6.16. The number of aromatic amines is 1. The number of ether oxygens (including phenoxy) is 1. The van der Waals surface area contributed by atoms with Crippen molar-refractivity contribution in [2.75, 3.05) is 11.9 Å². The Labute approximate surface area is 137 Å². The van der Waals surface area contributed by atoms with Crippen LogP contribution in [-0.4, -0.2) is 22.5 Å². The zero-order chi connectivity index (χ0) is 16.2. The van der Waals surface area contributed by atoms with Crippen molar-refractivity contribution in [2.24, 2.45) is 0 Å². The molecule has 0 unspecified atom stereocenters. The van der Waals surface area contributed by atoms with E-state index in [-0.39, 0.29) is 11.5 Å². The van der Waals surface area contributed by atoms with Gasteiger partial charge in [0.15, 0.2) is 0 Å². The van der Waals surface area contributed by atoms with Crippen LogP contribution in [0.1, 0.15) is 35.0 Å². The number of H-pyrrole nitrogens is 1. The third-order valence-electron chi connectivity index (χ3n) is 3.41. The monoisotopic (exact) mass is 331 g/mol. The number of rotatable bonds is 5. The van der Waals surface area contributed by atoms with E-state index in [4.69, 9.17) is 4.74 Å². The molecule has 0 fully saturated rings. The van der Waals surface area contributed by atoms with E-state index < -0.39 is 0 Å². The Morgan fingerprint density at radius 3 is 2.87 bits per heavy atom. The number of nitrogens with one attached hydrogen (secondary N) is 2. The van der Waals surface area contributed by atoms with E-state index in [9.17, 15) is 9.59 Å². The summed E-state index contributed by atoms with van der Waals surface area (Å²) >= 11 is 1.68. The molecule has 2 heterocycles. The number of fused-ring (bicyclic) bond motifs is 1. The van der Waals surface area contributed by atoms with Crippen LogP contribution in [0.15, 0.2) is 29.1 Å². The summed E-state index contributed by atoms with van der Waals surface area (Å²) in [6.45, 7) is 2.36. The largest absolute Gasteiger partial charge is 0.462 e. The van der Waals surface area contributed by atoms with Crippen LogP contribution in [0.25, 0.3) is 0 Å². The summed E-state index contributed by atoms with van der Waals surface area (Å²) in [5.41, 5.74) is 2.74.